The highest BCUT2D eigenvalue weighted by Gasteiger charge is 2.10. The van der Waals surface area contributed by atoms with Crippen LogP contribution in [0.25, 0.3) is 10.6 Å². The zero-order chi connectivity index (χ0) is 13.1. The van der Waals surface area contributed by atoms with E-state index in [1.54, 1.807) is 18.4 Å². The first-order valence-electron chi connectivity index (χ1n) is 5.88. The van der Waals surface area contributed by atoms with Gasteiger partial charge in [-0.1, -0.05) is 0 Å². The van der Waals surface area contributed by atoms with Gasteiger partial charge in [0.05, 0.1) is 12.8 Å². The van der Waals surface area contributed by atoms with E-state index in [1.165, 1.54) is 4.88 Å². The van der Waals surface area contributed by atoms with Crippen LogP contribution in [0.2, 0.25) is 0 Å². The van der Waals surface area contributed by atoms with Crippen molar-refractivity contribution in [2.24, 2.45) is 0 Å². The van der Waals surface area contributed by atoms with Gasteiger partial charge >= 0.3 is 0 Å². The lowest BCUT2D eigenvalue weighted by molar-refractivity contribution is 0.298. The second kappa shape index (κ2) is 5.50. The first-order valence-corrected chi connectivity index (χ1v) is 6.69. The number of benzene rings is 1. The Morgan fingerprint density at radius 3 is 2.72 bits per heavy atom. The van der Waals surface area contributed by atoms with Gasteiger partial charge in [-0.3, -0.25) is 0 Å². The van der Waals surface area contributed by atoms with E-state index in [0.29, 0.717) is 6.42 Å². The van der Waals surface area contributed by atoms with Crippen molar-refractivity contribution in [1.82, 2.24) is 4.98 Å². The van der Waals surface area contributed by atoms with Crippen LogP contribution in [-0.2, 0) is 6.42 Å². The van der Waals surface area contributed by atoms with Gasteiger partial charge < -0.3 is 9.84 Å². The van der Waals surface area contributed by atoms with Gasteiger partial charge in [0.25, 0.3) is 0 Å². The summed E-state index contributed by atoms with van der Waals surface area (Å²) in [4.78, 5) is 5.76. The third-order valence-electron chi connectivity index (χ3n) is 2.88. The largest absolute Gasteiger partial charge is 0.496 e. The minimum absolute atomic E-state index is 0.144. The first kappa shape index (κ1) is 13.1. The summed E-state index contributed by atoms with van der Waals surface area (Å²) in [6.45, 7) is 4.21. The second-order valence-electron chi connectivity index (χ2n) is 4.18. The summed E-state index contributed by atoms with van der Waals surface area (Å²) in [5, 5.41) is 9.99. The van der Waals surface area contributed by atoms with Gasteiger partial charge in [0.2, 0.25) is 0 Å². The van der Waals surface area contributed by atoms with Crippen LogP contribution in [0.5, 0.6) is 5.75 Å². The van der Waals surface area contributed by atoms with E-state index in [9.17, 15) is 0 Å². The van der Waals surface area contributed by atoms with Gasteiger partial charge in [0.15, 0.2) is 0 Å². The first-order chi connectivity index (χ1) is 8.65. The van der Waals surface area contributed by atoms with Crippen molar-refractivity contribution in [2.75, 3.05) is 13.7 Å². The van der Waals surface area contributed by atoms with Gasteiger partial charge in [-0.15, -0.1) is 11.3 Å². The number of aliphatic hydroxyl groups is 1. The molecule has 0 saturated carbocycles. The van der Waals surface area contributed by atoms with E-state index >= 15 is 0 Å². The van der Waals surface area contributed by atoms with Gasteiger partial charge in [-0.25, -0.2) is 4.98 Å². The van der Waals surface area contributed by atoms with Crippen LogP contribution in [0.3, 0.4) is 0 Å². The highest BCUT2D eigenvalue weighted by molar-refractivity contribution is 7.15. The van der Waals surface area contributed by atoms with Crippen molar-refractivity contribution in [3.8, 4) is 16.3 Å². The molecule has 1 N–H and O–H groups in total. The van der Waals surface area contributed by atoms with Crippen LogP contribution < -0.4 is 4.74 Å². The zero-order valence-electron chi connectivity index (χ0n) is 10.9. The average Bonchev–Trinajstić information content (AvgIpc) is 2.71. The van der Waals surface area contributed by atoms with Crippen LogP contribution in [0.1, 0.15) is 16.1 Å². The molecule has 3 nitrogen and oxygen atoms in total. The molecule has 1 heterocycles. The second-order valence-corrected chi connectivity index (χ2v) is 5.38. The normalized spacial score (nSPS) is 10.7. The molecule has 4 heteroatoms. The molecule has 0 atom stereocenters. The summed E-state index contributed by atoms with van der Waals surface area (Å²) in [7, 11) is 1.68. The Labute approximate surface area is 111 Å². The number of ether oxygens (including phenoxy) is 1. The maximum absolute atomic E-state index is 8.98. The highest BCUT2D eigenvalue weighted by atomic mass is 32.1. The molecular weight excluding hydrogens is 246 g/mol. The SMILES string of the molecule is COc1ccc(-c2nc(CCO)c(C)s2)cc1C. The molecule has 2 aromatic rings. The Bertz CT molecular complexity index is 549. The number of aromatic nitrogens is 1. The predicted octanol–water partition coefficient (Wildman–Crippen LogP) is 2.97. The molecule has 0 amide bonds. The monoisotopic (exact) mass is 263 g/mol. The van der Waals surface area contributed by atoms with Gasteiger partial charge in [0, 0.05) is 23.5 Å². The molecular formula is C14H17NO2S. The molecule has 0 bridgehead atoms. The molecule has 0 radical (unpaired) electrons. The summed E-state index contributed by atoms with van der Waals surface area (Å²) < 4.78 is 5.25. The summed E-state index contributed by atoms with van der Waals surface area (Å²) in [5.41, 5.74) is 3.20. The highest BCUT2D eigenvalue weighted by Crippen LogP contribution is 2.30. The molecule has 96 valence electrons. The molecule has 1 aromatic heterocycles. The van der Waals surface area contributed by atoms with Crippen molar-refractivity contribution >= 4 is 11.3 Å². The number of hydrogen-bond acceptors (Lipinski definition) is 4. The Balaban J connectivity index is 2.36. The van der Waals surface area contributed by atoms with Gasteiger partial charge in [0.1, 0.15) is 10.8 Å². The quantitative estimate of drug-likeness (QED) is 0.922. The van der Waals surface area contributed by atoms with E-state index in [4.69, 9.17) is 9.84 Å². The van der Waals surface area contributed by atoms with Crippen molar-refractivity contribution in [1.29, 1.82) is 0 Å². The smallest absolute Gasteiger partial charge is 0.123 e. The molecule has 18 heavy (non-hydrogen) atoms. The van der Waals surface area contributed by atoms with Crippen molar-refractivity contribution in [3.05, 3.63) is 34.3 Å². The molecule has 0 aliphatic carbocycles. The van der Waals surface area contributed by atoms with Gasteiger partial charge in [-0.2, -0.15) is 0 Å². The zero-order valence-corrected chi connectivity index (χ0v) is 11.7. The topological polar surface area (TPSA) is 42.4 Å². The van der Waals surface area contributed by atoms with E-state index in [0.717, 1.165) is 27.6 Å². The lowest BCUT2D eigenvalue weighted by Crippen LogP contribution is -1.92. The summed E-state index contributed by atoms with van der Waals surface area (Å²) in [6.07, 6.45) is 0.622. The predicted molar refractivity (Wildman–Crippen MR) is 74.4 cm³/mol. The molecule has 0 aliphatic rings. The Morgan fingerprint density at radius 1 is 1.33 bits per heavy atom. The van der Waals surface area contributed by atoms with Crippen LogP contribution >= 0.6 is 11.3 Å². The molecule has 0 spiro atoms. The third kappa shape index (κ3) is 2.54. The average molecular weight is 263 g/mol. The fourth-order valence-electron chi connectivity index (χ4n) is 1.90. The van der Waals surface area contributed by atoms with Crippen molar-refractivity contribution in [3.63, 3.8) is 0 Å². The molecule has 0 unspecified atom stereocenters. The number of thiazole rings is 1. The number of hydrogen-bond donors (Lipinski definition) is 1. The Hall–Kier alpha value is -1.39. The third-order valence-corrected chi connectivity index (χ3v) is 3.95. The van der Waals surface area contributed by atoms with E-state index in [2.05, 4.69) is 11.1 Å². The number of aryl methyl sites for hydroxylation is 2. The summed E-state index contributed by atoms with van der Waals surface area (Å²) in [5.74, 6) is 0.891. The van der Waals surface area contributed by atoms with E-state index < -0.39 is 0 Å². The Kier molecular flexibility index (Phi) is 3.99. The lowest BCUT2D eigenvalue weighted by atomic mass is 10.1. The summed E-state index contributed by atoms with van der Waals surface area (Å²) in [6, 6.07) is 6.07. The summed E-state index contributed by atoms with van der Waals surface area (Å²) >= 11 is 1.67. The molecule has 0 saturated heterocycles. The van der Waals surface area contributed by atoms with Crippen LogP contribution in [0.4, 0.5) is 0 Å². The number of methoxy groups -OCH3 is 1. The van der Waals surface area contributed by atoms with Crippen LogP contribution in [-0.4, -0.2) is 23.8 Å². The molecule has 0 aliphatic heterocycles. The minimum atomic E-state index is 0.144. The lowest BCUT2D eigenvalue weighted by Gasteiger charge is -2.05. The van der Waals surface area contributed by atoms with Gasteiger partial charge in [-0.05, 0) is 37.6 Å². The minimum Gasteiger partial charge on any atom is -0.496 e. The Morgan fingerprint density at radius 2 is 2.11 bits per heavy atom. The number of nitrogens with zero attached hydrogens (tertiary/aromatic N) is 1. The fourth-order valence-corrected chi connectivity index (χ4v) is 2.86. The number of rotatable bonds is 4. The fraction of sp³-hybridized carbons (Fsp3) is 0.357. The van der Waals surface area contributed by atoms with E-state index in [1.807, 2.05) is 26.0 Å². The standard InChI is InChI=1S/C14H17NO2S/c1-9-8-11(4-5-13(9)17-3)14-15-12(6-7-16)10(2)18-14/h4-5,8,16H,6-7H2,1-3H3. The van der Waals surface area contributed by atoms with E-state index in [-0.39, 0.29) is 6.61 Å². The number of aliphatic hydroxyl groups excluding tert-OH is 1. The maximum Gasteiger partial charge on any atom is 0.123 e. The maximum atomic E-state index is 8.98. The van der Waals surface area contributed by atoms with Crippen LogP contribution in [0.15, 0.2) is 18.2 Å². The molecule has 0 fully saturated rings. The molecule has 1 aromatic carbocycles. The van der Waals surface area contributed by atoms with Crippen molar-refractivity contribution in [2.45, 2.75) is 20.3 Å². The van der Waals surface area contributed by atoms with Crippen LogP contribution in [0, 0.1) is 13.8 Å². The van der Waals surface area contributed by atoms with Crippen molar-refractivity contribution < 1.29 is 9.84 Å². The molecule has 2 rings (SSSR count).